The van der Waals surface area contributed by atoms with E-state index in [0.717, 1.165) is 19.1 Å². The summed E-state index contributed by atoms with van der Waals surface area (Å²) >= 11 is 0. The minimum Gasteiger partial charge on any atom is -0.384 e. The highest BCUT2D eigenvalue weighted by Crippen LogP contribution is 2.34. The van der Waals surface area contributed by atoms with Gasteiger partial charge in [0.15, 0.2) is 15.4 Å². The van der Waals surface area contributed by atoms with E-state index in [1.165, 1.54) is 42.5 Å². The Morgan fingerprint density at radius 3 is 2.29 bits per heavy atom. The third-order valence-electron chi connectivity index (χ3n) is 9.70. The highest BCUT2D eigenvalue weighted by Gasteiger charge is 2.38. The lowest BCUT2D eigenvalue weighted by atomic mass is 10.0. The number of benzene rings is 4. The van der Waals surface area contributed by atoms with Crippen molar-refractivity contribution >= 4 is 43.8 Å². The first kappa shape index (κ1) is 41.5. The van der Waals surface area contributed by atoms with Crippen molar-refractivity contribution in [2.75, 3.05) is 55.7 Å². The fraction of sp³-hybridized carbons (Fsp3) is 0.275. The van der Waals surface area contributed by atoms with Gasteiger partial charge < -0.3 is 20.6 Å². The van der Waals surface area contributed by atoms with Crippen LogP contribution in [0.5, 0.6) is 0 Å². The number of anilines is 2. The van der Waals surface area contributed by atoms with Gasteiger partial charge in [0.1, 0.15) is 5.82 Å². The second-order valence-electron chi connectivity index (χ2n) is 14.0. The normalized spacial score (nSPS) is 14.7. The topological polar surface area (TPSA) is 189 Å². The van der Waals surface area contributed by atoms with Gasteiger partial charge in [0, 0.05) is 62.5 Å². The summed E-state index contributed by atoms with van der Waals surface area (Å²) in [5.74, 6) is -3.40. The molecule has 1 aromatic heterocycles. The smallest absolute Gasteiger partial charge is 0.384 e. The molecule has 2 amide bonds. The summed E-state index contributed by atoms with van der Waals surface area (Å²) in [4.78, 5) is 41.9. The molecule has 0 bridgehead atoms. The highest BCUT2D eigenvalue weighted by atomic mass is 32.2. The zero-order chi connectivity index (χ0) is 41.8. The molecule has 1 atom stereocenters. The van der Waals surface area contributed by atoms with Gasteiger partial charge >= 0.3 is 6.18 Å². The predicted molar refractivity (Wildman–Crippen MR) is 206 cm³/mol. The van der Waals surface area contributed by atoms with E-state index in [2.05, 4.69) is 25.7 Å². The van der Waals surface area contributed by atoms with Crippen molar-refractivity contribution in [1.29, 1.82) is 5.26 Å². The van der Waals surface area contributed by atoms with Gasteiger partial charge in [-0.15, -0.1) is 0 Å². The number of carbonyl (C=O) groups excluding carboxylic acids is 2. The molecule has 1 aliphatic heterocycles. The Morgan fingerprint density at radius 2 is 1.62 bits per heavy atom. The minimum absolute atomic E-state index is 0.0512. The van der Waals surface area contributed by atoms with Gasteiger partial charge in [-0.1, -0.05) is 24.3 Å². The highest BCUT2D eigenvalue weighted by molar-refractivity contribution is 7.91. The molecule has 5 aromatic rings. The summed E-state index contributed by atoms with van der Waals surface area (Å²) in [7, 11) is -4.25. The van der Waals surface area contributed by atoms with Crippen LogP contribution in [0.15, 0.2) is 94.6 Å². The summed E-state index contributed by atoms with van der Waals surface area (Å²) in [6.07, 6.45) is -4.61. The molecule has 13 nitrogen and oxygen atoms in total. The lowest BCUT2D eigenvalue weighted by Crippen LogP contribution is -2.49. The summed E-state index contributed by atoms with van der Waals surface area (Å²) in [6, 6.07) is 20.8. The zero-order valence-electron chi connectivity index (χ0n) is 30.9. The summed E-state index contributed by atoms with van der Waals surface area (Å²) in [5.41, 5.74) is -3.42. The van der Waals surface area contributed by atoms with E-state index >= 15 is 0 Å². The molecular formula is C40H37F4N7O6S. The molecule has 1 unspecified atom stereocenters. The second kappa shape index (κ2) is 16.7. The van der Waals surface area contributed by atoms with Crippen molar-refractivity contribution in [3.8, 4) is 6.07 Å². The predicted octanol–water partition coefficient (Wildman–Crippen LogP) is 4.58. The van der Waals surface area contributed by atoms with E-state index in [4.69, 9.17) is 5.26 Å². The summed E-state index contributed by atoms with van der Waals surface area (Å²) in [6.45, 7) is 3.75. The second-order valence-corrected chi connectivity index (χ2v) is 16.0. The number of aliphatic hydroxyl groups is 1. The molecule has 0 saturated carbocycles. The van der Waals surface area contributed by atoms with Crippen molar-refractivity contribution < 1.29 is 40.7 Å². The number of aromatic amines is 1. The molecule has 0 spiro atoms. The fourth-order valence-electron chi connectivity index (χ4n) is 6.57. The Morgan fingerprint density at radius 1 is 0.948 bits per heavy atom. The quantitative estimate of drug-likeness (QED) is 0.130. The van der Waals surface area contributed by atoms with E-state index in [-0.39, 0.29) is 28.1 Å². The van der Waals surface area contributed by atoms with E-state index in [0.29, 0.717) is 73.1 Å². The molecule has 2 heterocycles. The van der Waals surface area contributed by atoms with Crippen molar-refractivity contribution in [2.24, 2.45) is 0 Å². The number of nitriles is 1. The maximum atomic E-state index is 14.9. The molecule has 302 valence electrons. The van der Waals surface area contributed by atoms with Crippen LogP contribution >= 0.6 is 0 Å². The number of hydrogen-bond acceptors (Lipinski definition) is 10. The number of nitrogens with one attached hydrogen (secondary N) is 3. The fourth-order valence-corrected chi connectivity index (χ4v) is 8.16. The van der Waals surface area contributed by atoms with Crippen LogP contribution in [0.25, 0.3) is 10.8 Å². The van der Waals surface area contributed by atoms with E-state index in [1.54, 1.807) is 35.2 Å². The number of hydrogen-bond donors (Lipinski definition) is 4. The number of sulfone groups is 1. The molecule has 1 aliphatic rings. The van der Waals surface area contributed by atoms with Crippen LogP contribution in [-0.4, -0.2) is 96.0 Å². The third-order valence-corrected chi connectivity index (χ3v) is 11.6. The molecule has 4 N–H and O–H groups in total. The van der Waals surface area contributed by atoms with Gasteiger partial charge in [0.25, 0.3) is 17.4 Å². The molecular weight excluding hydrogens is 783 g/mol. The van der Waals surface area contributed by atoms with Crippen LogP contribution in [0.4, 0.5) is 28.9 Å². The monoisotopic (exact) mass is 819 g/mol. The van der Waals surface area contributed by atoms with Gasteiger partial charge in [0.05, 0.1) is 44.5 Å². The minimum atomic E-state index is -4.89. The molecule has 0 radical (unpaired) electrons. The van der Waals surface area contributed by atoms with Crippen LogP contribution in [-0.2, 0) is 27.2 Å². The van der Waals surface area contributed by atoms with Crippen molar-refractivity contribution in [1.82, 2.24) is 20.0 Å². The van der Waals surface area contributed by atoms with Crippen molar-refractivity contribution in [3.05, 3.63) is 129 Å². The average molecular weight is 820 g/mol. The van der Waals surface area contributed by atoms with Crippen LogP contribution in [0.2, 0.25) is 0 Å². The van der Waals surface area contributed by atoms with Crippen molar-refractivity contribution in [3.63, 3.8) is 0 Å². The molecule has 58 heavy (non-hydrogen) atoms. The summed E-state index contributed by atoms with van der Waals surface area (Å²) < 4.78 is 81.2. The number of nitrogens with zero attached hydrogens (tertiary/aromatic N) is 4. The van der Waals surface area contributed by atoms with Crippen LogP contribution < -0.4 is 16.2 Å². The Labute approximate surface area is 329 Å². The zero-order valence-corrected chi connectivity index (χ0v) is 31.8. The van der Waals surface area contributed by atoms with Crippen molar-refractivity contribution in [2.45, 2.75) is 30.0 Å². The van der Waals surface area contributed by atoms with Crippen LogP contribution in [0, 0.1) is 17.1 Å². The van der Waals surface area contributed by atoms with Gasteiger partial charge in [-0.05, 0) is 73.2 Å². The third kappa shape index (κ3) is 9.50. The molecule has 4 aromatic carbocycles. The number of aromatic nitrogens is 2. The SMILES string of the molecule is CC(O)(CS(=O)(=O)c1ccc(NCCN2CCN(C(=O)c3cc(Cc4n[nH]c(=O)c5ccccc45)ccc3F)CC2)cc1)C(=O)Nc1ccc(C#N)c(C(F)(F)F)c1. The summed E-state index contributed by atoms with van der Waals surface area (Å²) in [5, 5.41) is 32.8. The number of rotatable bonds is 12. The number of piperazine rings is 1. The maximum absolute atomic E-state index is 14.9. The maximum Gasteiger partial charge on any atom is 0.417 e. The Hall–Kier alpha value is -6.16. The lowest BCUT2D eigenvalue weighted by molar-refractivity contribution is -0.137. The molecule has 1 saturated heterocycles. The molecule has 18 heteroatoms. The van der Waals surface area contributed by atoms with Gasteiger partial charge in [0.2, 0.25) is 0 Å². The van der Waals surface area contributed by atoms with Crippen LogP contribution in [0.1, 0.15) is 39.7 Å². The van der Waals surface area contributed by atoms with Gasteiger partial charge in [-0.2, -0.15) is 23.5 Å². The van der Waals surface area contributed by atoms with Gasteiger partial charge in [-0.25, -0.2) is 17.9 Å². The first-order valence-electron chi connectivity index (χ1n) is 17.9. The molecule has 1 fully saturated rings. The number of H-pyrrole nitrogens is 1. The number of halogens is 4. The Kier molecular flexibility index (Phi) is 12.0. The Bertz CT molecular complexity index is 2570. The first-order valence-corrected chi connectivity index (χ1v) is 19.6. The first-order chi connectivity index (χ1) is 27.4. The Balaban J connectivity index is 0.979. The van der Waals surface area contributed by atoms with E-state index in [9.17, 15) is 45.5 Å². The number of fused-ring (bicyclic) bond motifs is 1. The van der Waals surface area contributed by atoms with Crippen LogP contribution in [0.3, 0.4) is 0 Å². The number of amides is 2. The average Bonchev–Trinajstić information content (AvgIpc) is 3.19. The van der Waals surface area contributed by atoms with E-state index in [1.807, 2.05) is 0 Å². The van der Waals surface area contributed by atoms with Gasteiger partial charge in [-0.3, -0.25) is 19.3 Å². The largest absolute Gasteiger partial charge is 0.417 e. The number of carbonyl (C=O) groups is 2. The lowest BCUT2D eigenvalue weighted by Gasteiger charge is -2.35. The number of alkyl halides is 3. The molecule has 6 rings (SSSR count). The molecule has 0 aliphatic carbocycles. The van der Waals surface area contributed by atoms with E-state index < -0.39 is 56.1 Å². The standard InChI is InChI=1S/C40H37F4N7O6S/c1-39(55,38(54)47-28-8-7-26(23-45)33(22-28)40(42,43)44)24-58(56,57)29-11-9-27(10-12-29)46-14-15-50-16-18-51(19-17-50)37(53)32-20-25(6-13-34(32)41)21-35-30-4-2-3-5-31(30)36(52)49-48-35/h2-13,20,22,46,55H,14-19,21,24H2,1H3,(H,47,54)(H,49,52).